The molecule has 3 heteroatoms. The van der Waals surface area contributed by atoms with Crippen molar-refractivity contribution in [2.24, 2.45) is 0 Å². The molecule has 0 fully saturated rings. The zero-order valence-electron chi connectivity index (χ0n) is 17.7. The highest BCUT2D eigenvalue weighted by molar-refractivity contribution is 6.10. The summed E-state index contributed by atoms with van der Waals surface area (Å²) >= 11 is 0. The highest BCUT2D eigenvalue weighted by Gasteiger charge is 2.18. The van der Waals surface area contributed by atoms with E-state index in [1.165, 1.54) is 5.56 Å². The lowest BCUT2D eigenvalue weighted by molar-refractivity contribution is -0.112. The number of nitriles is 1. The zero-order chi connectivity index (χ0) is 20.8. The van der Waals surface area contributed by atoms with E-state index in [1.807, 2.05) is 42.5 Å². The van der Waals surface area contributed by atoms with Crippen molar-refractivity contribution in [3.05, 3.63) is 70.3 Å². The molecule has 3 nitrogen and oxygen atoms in total. The van der Waals surface area contributed by atoms with Crippen molar-refractivity contribution < 1.29 is 4.79 Å². The van der Waals surface area contributed by atoms with Crippen LogP contribution in [0.15, 0.2) is 48.0 Å². The van der Waals surface area contributed by atoms with Crippen molar-refractivity contribution in [2.45, 2.75) is 59.3 Å². The molecule has 0 atom stereocenters. The van der Waals surface area contributed by atoms with Crippen LogP contribution in [0.25, 0.3) is 6.08 Å². The molecule has 28 heavy (non-hydrogen) atoms. The molecule has 2 rings (SSSR count). The van der Waals surface area contributed by atoms with Crippen LogP contribution in [0.3, 0.4) is 0 Å². The van der Waals surface area contributed by atoms with Gasteiger partial charge in [-0.3, -0.25) is 4.79 Å². The summed E-state index contributed by atoms with van der Waals surface area (Å²) in [4.78, 5) is 12.9. The third-order valence-electron chi connectivity index (χ3n) is 4.89. The molecule has 2 aromatic carbocycles. The van der Waals surface area contributed by atoms with Gasteiger partial charge in [-0.1, -0.05) is 84.0 Å². The minimum Gasteiger partial charge on any atom is -0.321 e. The van der Waals surface area contributed by atoms with E-state index in [0.29, 0.717) is 5.92 Å². The fraction of sp³-hybridized carbons (Fsp3) is 0.360. The van der Waals surface area contributed by atoms with Gasteiger partial charge < -0.3 is 5.32 Å². The normalized spacial score (nSPS) is 11.8. The fourth-order valence-corrected chi connectivity index (χ4v) is 3.17. The number of anilines is 1. The Kier molecular flexibility index (Phi) is 7.18. The van der Waals surface area contributed by atoms with Crippen molar-refractivity contribution in [1.82, 2.24) is 0 Å². The van der Waals surface area contributed by atoms with Gasteiger partial charge in [0.15, 0.2) is 0 Å². The molecule has 0 unspecified atom stereocenters. The SMILES string of the molecule is CC(C)c1ccc(C=C(C#N)C(=O)Nc2c(C(C)C)cccc2C(C)C)cc1. The van der Waals surface area contributed by atoms with Crippen molar-refractivity contribution in [2.75, 3.05) is 5.32 Å². The number of hydrogen-bond acceptors (Lipinski definition) is 2. The van der Waals surface area contributed by atoms with Gasteiger partial charge in [-0.15, -0.1) is 0 Å². The van der Waals surface area contributed by atoms with Gasteiger partial charge >= 0.3 is 0 Å². The molecule has 0 bridgehead atoms. The van der Waals surface area contributed by atoms with Crippen LogP contribution >= 0.6 is 0 Å². The molecule has 146 valence electrons. The van der Waals surface area contributed by atoms with Gasteiger partial charge in [-0.25, -0.2) is 0 Å². The number of hydrogen-bond donors (Lipinski definition) is 1. The quantitative estimate of drug-likeness (QED) is 0.457. The van der Waals surface area contributed by atoms with Crippen LogP contribution in [0.1, 0.15) is 81.5 Å². The fourth-order valence-electron chi connectivity index (χ4n) is 3.17. The molecular formula is C25H30N2O. The molecule has 0 saturated carbocycles. The number of carbonyl (C=O) groups excluding carboxylic acids is 1. The number of nitrogens with zero attached hydrogens (tertiary/aromatic N) is 1. The molecule has 0 aliphatic rings. The second-order valence-electron chi connectivity index (χ2n) is 8.07. The highest BCUT2D eigenvalue weighted by Crippen LogP contribution is 2.32. The van der Waals surface area contributed by atoms with Crippen LogP contribution < -0.4 is 5.32 Å². The predicted molar refractivity (Wildman–Crippen MR) is 117 cm³/mol. The Morgan fingerprint density at radius 1 is 0.893 bits per heavy atom. The second-order valence-corrected chi connectivity index (χ2v) is 8.07. The summed E-state index contributed by atoms with van der Waals surface area (Å²) in [5, 5.41) is 12.6. The molecular weight excluding hydrogens is 344 g/mol. The summed E-state index contributed by atoms with van der Waals surface area (Å²) in [5.41, 5.74) is 5.17. The average molecular weight is 375 g/mol. The van der Waals surface area contributed by atoms with E-state index in [0.717, 1.165) is 22.4 Å². The maximum atomic E-state index is 12.9. The van der Waals surface area contributed by atoms with Crippen LogP contribution in [0, 0.1) is 11.3 Å². The number of rotatable bonds is 6. The maximum absolute atomic E-state index is 12.9. The third kappa shape index (κ3) is 5.10. The van der Waals surface area contributed by atoms with Gasteiger partial charge in [-0.05, 0) is 46.1 Å². The van der Waals surface area contributed by atoms with Crippen molar-refractivity contribution in [3.8, 4) is 6.07 Å². The van der Waals surface area contributed by atoms with E-state index in [2.05, 4.69) is 52.9 Å². The number of carbonyl (C=O) groups is 1. The average Bonchev–Trinajstić information content (AvgIpc) is 2.66. The lowest BCUT2D eigenvalue weighted by Gasteiger charge is -2.20. The van der Waals surface area contributed by atoms with Gasteiger partial charge in [0, 0.05) is 5.69 Å². The molecule has 0 aliphatic carbocycles. The van der Waals surface area contributed by atoms with E-state index in [1.54, 1.807) is 6.08 Å². The lowest BCUT2D eigenvalue weighted by atomic mass is 9.92. The topological polar surface area (TPSA) is 52.9 Å². The van der Waals surface area contributed by atoms with Crippen molar-refractivity contribution >= 4 is 17.7 Å². The molecule has 2 aromatic rings. The Morgan fingerprint density at radius 2 is 1.43 bits per heavy atom. The van der Waals surface area contributed by atoms with Crippen molar-refractivity contribution in [1.29, 1.82) is 5.26 Å². The van der Waals surface area contributed by atoms with Crippen LogP contribution in [0.2, 0.25) is 0 Å². The summed E-state index contributed by atoms with van der Waals surface area (Å²) in [6, 6.07) is 16.1. The van der Waals surface area contributed by atoms with Crippen LogP contribution in [-0.2, 0) is 4.79 Å². The first kappa shape index (κ1) is 21.4. The Balaban J connectivity index is 2.36. The molecule has 1 amide bonds. The van der Waals surface area contributed by atoms with E-state index >= 15 is 0 Å². The second kappa shape index (κ2) is 9.37. The van der Waals surface area contributed by atoms with Gasteiger partial charge in [-0.2, -0.15) is 5.26 Å². The smallest absolute Gasteiger partial charge is 0.266 e. The predicted octanol–water partition coefficient (Wildman–Crippen LogP) is 6.60. The molecule has 0 heterocycles. The Hall–Kier alpha value is -2.86. The molecule has 0 radical (unpaired) electrons. The number of para-hydroxylation sites is 1. The largest absolute Gasteiger partial charge is 0.321 e. The highest BCUT2D eigenvalue weighted by atomic mass is 16.1. The standard InChI is InChI=1S/C25H30N2O/c1-16(2)20-12-10-19(11-13-20)14-21(15-26)25(28)27-24-22(17(3)4)8-7-9-23(24)18(5)6/h7-14,16-18H,1-6H3,(H,27,28). The molecule has 0 aliphatic heterocycles. The summed E-state index contributed by atoms with van der Waals surface area (Å²) in [6.07, 6.45) is 1.65. The summed E-state index contributed by atoms with van der Waals surface area (Å²) in [5.74, 6) is 0.614. The molecule has 0 aromatic heterocycles. The first-order valence-electron chi connectivity index (χ1n) is 9.90. The van der Waals surface area contributed by atoms with Crippen LogP contribution in [-0.4, -0.2) is 5.91 Å². The summed E-state index contributed by atoms with van der Waals surface area (Å²) < 4.78 is 0. The summed E-state index contributed by atoms with van der Waals surface area (Å²) in [7, 11) is 0. The molecule has 0 saturated heterocycles. The number of amides is 1. The van der Waals surface area contributed by atoms with E-state index in [-0.39, 0.29) is 23.3 Å². The molecule has 0 spiro atoms. The Labute approximate surface area is 169 Å². The van der Waals surface area contributed by atoms with Crippen LogP contribution in [0.5, 0.6) is 0 Å². The minimum absolute atomic E-state index is 0.102. The third-order valence-corrected chi connectivity index (χ3v) is 4.89. The van der Waals surface area contributed by atoms with Gasteiger partial charge in [0.05, 0.1) is 0 Å². The van der Waals surface area contributed by atoms with E-state index < -0.39 is 0 Å². The van der Waals surface area contributed by atoms with Gasteiger partial charge in [0.1, 0.15) is 11.6 Å². The number of nitrogens with one attached hydrogen (secondary N) is 1. The number of benzene rings is 2. The maximum Gasteiger partial charge on any atom is 0.266 e. The Morgan fingerprint density at radius 3 is 1.86 bits per heavy atom. The minimum atomic E-state index is -0.370. The first-order valence-corrected chi connectivity index (χ1v) is 9.90. The molecule has 1 N–H and O–H groups in total. The van der Waals surface area contributed by atoms with Gasteiger partial charge in [0.25, 0.3) is 5.91 Å². The van der Waals surface area contributed by atoms with Gasteiger partial charge in [0.2, 0.25) is 0 Å². The zero-order valence-corrected chi connectivity index (χ0v) is 17.7. The first-order chi connectivity index (χ1) is 13.2. The lowest BCUT2D eigenvalue weighted by Crippen LogP contribution is -2.17. The van der Waals surface area contributed by atoms with Crippen LogP contribution in [0.4, 0.5) is 5.69 Å². The van der Waals surface area contributed by atoms with E-state index in [9.17, 15) is 10.1 Å². The van der Waals surface area contributed by atoms with E-state index in [4.69, 9.17) is 0 Å². The monoisotopic (exact) mass is 374 g/mol. The van der Waals surface area contributed by atoms with Crippen molar-refractivity contribution in [3.63, 3.8) is 0 Å². The summed E-state index contributed by atoms with van der Waals surface area (Å²) in [6.45, 7) is 12.7. The Bertz CT molecular complexity index is 871.